The number of hydrogen-bond donors (Lipinski definition) is 0. The van der Waals surface area contributed by atoms with Crippen LogP contribution in [0.5, 0.6) is 0 Å². The number of hydrogen-bond acceptors (Lipinski definition) is 2. The molecule has 0 aliphatic heterocycles. The van der Waals surface area contributed by atoms with Gasteiger partial charge in [-0.25, -0.2) is 0 Å². The standard InChI is InChI=1S/C18H18N6/c19-23-21-17-9-5-15(6-10-17)13-1-2-14(4-3-13)16-7-11-18(12-8-16)22-24-20/h5-14H,1-4H2. The molecular weight excluding hydrogens is 300 g/mol. The Morgan fingerprint density at radius 2 is 0.958 bits per heavy atom. The van der Waals surface area contributed by atoms with Gasteiger partial charge in [0, 0.05) is 21.2 Å². The summed E-state index contributed by atoms with van der Waals surface area (Å²) in [7, 11) is 0. The molecule has 120 valence electrons. The highest BCUT2D eigenvalue weighted by molar-refractivity contribution is 5.41. The minimum absolute atomic E-state index is 0.573. The minimum atomic E-state index is 0.573. The molecule has 0 atom stereocenters. The topological polar surface area (TPSA) is 97.5 Å². The van der Waals surface area contributed by atoms with Crippen molar-refractivity contribution in [2.75, 3.05) is 0 Å². The molecule has 3 rings (SSSR count). The summed E-state index contributed by atoms with van der Waals surface area (Å²) in [6.45, 7) is 0. The highest BCUT2D eigenvalue weighted by Gasteiger charge is 2.23. The van der Waals surface area contributed by atoms with Crippen molar-refractivity contribution in [1.29, 1.82) is 0 Å². The summed E-state index contributed by atoms with van der Waals surface area (Å²) in [5.74, 6) is 1.15. The quantitative estimate of drug-likeness (QED) is 0.329. The van der Waals surface area contributed by atoms with Crippen molar-refractivity contribution in [3.8, 4) is 0 Å². The molecule has 1 aliphatic rings. The molecule has 0 spiro atoms. The van der Waals surface area contributed by atoms with E-state index in [1.54, 1.807) is 0 Å². The summed E-state index contributed by atoms with van der Waals surface area (Å²) in [6.07, 6.45) is 4.63. The lowest BCUT2D eigenvalue weighted by Crippen LogP contribution is -2.12. The highest BCUT2D eigenvalue weighted by atomic mass is 15.1. The first-order chi connectivity index (χ1) is 11.8. The van der Waals surface area contributed by atoms with Crippen molar-refractivity contribution >= 4 is 11.4 Å². The Hall–Kier alpha value is -2.94. The maximum atomic E-state index is 8.46. The normalized spacial score (nSPS) is 19.8. The summed E-state index contributed by atoms with van der Waals surface area (Å²) in [6, 6.07) is 15.8. The average molecular weight is 318 g/mol. The minimum Gasteiger partial charge on any atom is -0.0608 e. The molecule has 0 heterocycles. The predicted octanol–water partition coefficient (Wildman–Crippen LogP) is 7.01. The van der Waals surface area contributed by atoms with Crippen LogP contribution in [0.15, 0.2) is 58.8 Å². The van der Waals surface area contributed by atoms with Gasteiger partial charge in [-0.1, -0.05) is 58.8 Å². The average Bonchev–Trinajstić information content (AvgIpc) is 2.64. The van der Waals surface area contributed by atoms with Gasteiger partial charge in [-0.2, -0.15) is 0 Å². The second-order valence-corrected chi connectivity index (χ2v) is 6.11. The molecule has 0 radical (unpaired) electrons. The molecule has 0 amide bonds. The molecule has 2 aromatic rings. The van der Waals surface area contributed by atoms with Crippen LogP contribution in [-0.4, -0.2) is 0 Å². The van der Waals surface area contributed by atoms with Crippen molar-refractivity contribution in [3.63, 3.8) is 0 Å². The van der Waals surface area contributed by atoms with E-state index in [1.165, 1.54) is 11.1 Å². The lowest BCUT2D eigenvalue weighted by molar-refractivity contribution is 0.396. The molecule has 0 bridgehead atoms. The van der Waals surface area contributed by atoms with Crippen LogP contribution in [0, 0.1) is 0 Å². The van der Waals surface area contributed by atoms with Gasteiger partial charge in [0.2, 0.25) is 0 Å². The number of azide groups is 2. The van der Waals surface area contributed by atoms with E-state index in [0.717, 1.165) is 25.7 Å². The fourth-order valence-corrected chi connectivity index (χ4v) is 3.49. The molecule has 6 heteroatoms. The Kier molecular flexibility index (Phi) is 5.02. The van der Waals surface area contributed by atoms with Gasteiger partial charge in [-0.15, -0.1) is 0 Å². The zero-order chi connectivity index (χ0) is 16.8. The lowest BCUT2D eigenvalue weighted by Gasteiger charge is -2.29. The summed E-state index contributed by atoms with van der Waals surface area (Å²) in [4.78, 5) is 5.62. The second kappa shape index (κ2) is 7.55. The van der Waals surface area contributed by atoms with Gasteiger partial charge < -0.3 is 0 Å². The van der Waals surface area contributed by atoms with Gasteiger partial charge in [-0.3, -0.25) is 0 Å². The van der Waals surface area contributed by atoms with Gasteiger partial charge >= 0.3 is 0 Å². The van der Waals surface area contributed by atoms with E-state index in [1.807, 2.05) is 24.3 Å². The monoisotopic (exact) mass is 318 g/mol. The zero-order valence-electron chi connectivity index (χ0n) is 13.3. The summed E-state index contributed by atoms with van der Waals surface area (Å²) < 4.78 is 0. The fraction of sp³-hybridized carbons (Fsp3) is 0.333. The van der Waals surface area contributed by atoms with Gasteiger partial charge in [0.05, 0.1) is 0 Å². The van der Waals surface area contributed by atoms with E-state index in [-0.39, 0.29) is 0 Å². The van der Waals surface area contributed by atoms with Crippen LogP contribution in [0.1, 0.15) is 48.6 Å². The van der Waals surface area contributed by atoms with E-state index >= 15 is 0 Å². The molecular formula is C18H18N6. The van der Waals surface area contributed by atoms with E-state index in [4.69, 9.17) is 11.1 Å². The van der Waals surface area contributed by atoms with Crippen LogP contribution in [-0.2, 0) is 0 Å². The Morgan fingerprint density at radius 3 is 1.25 bits per heavy atom. The van der Waals surface area contributed by atoms with E-state index < -0.39 is 0 Å². The third-order valence-corrected chi connectivity index (χ3v) is 4.78. The molecule has 0 unspecified atom stereocenters. The van der Waals surface area contributed by atoms with Crippen LogP contribution >= 0.6 is 0 Å². The Balaban J connectivity index is 1.62. The molecule has 1 saturated carbocycles. The van der Waals surface area contributed by atoms with Crippen LogP contribution in [0.2, 0.25) is 0 Å². The number of rotatable bonds is 4. The SMILES string of the molecule is [N-]=[N+]=Nc1ccc(C2CCC(c3ccc(N=[N+]=[N-])cc3)CC2)cc1. The van der Waals surface area contributed by atoms with Crippen LogP contribution in [0.4, 0.5) is 11.4 Å². The first kappa shape index (κ1) is 15.9. The zero-order valence-corrected chi connectivity index (χ0v) is 13.3. The van der Waals surface area contributed by atoms with Crippen molar-refractivity contribution in [2.45, 2.75) is 37.5 Å². The molecule has 0 saturated heterocycles. The molecule has 1 aliphatic carbocycles. The number of benzene rings is 2. The van der Waals surface area contributed by atoms with Crippen LogP contribution in [0.3, 0.4) is 0 Å². The first-order valence-electron chi connectivity index (χ1n) is 8.10. The number of nitrogens with zero attached hydrogens (tertiary/aromatic N) is 6. The maximum absolute atomic E-state index is 8.46. The predicted molar refractivity (Wildman–Crippen MR) is 94.4 cm³/mol. The molecule has 2 aromatic carbocycles. The molecule has 6 nitrogen and oxygen atoms in total. The third kappa shape index (κ3) is 3.69. The Labute approximate surface area is 140 Å². The first-order valence-corrected chi connectivity index (χ1v) is 8.10. The summed E-state index contributed by atoms with van der Waals surface area (Å²) in [5, 5.41) is 7.23. The van der Waals surface area contributed by atoms with Gasteiger partial charge in [0.25, 0.3) is 0 Å². The smallest absolute Gasteiger partial charge is 0.0375 e. The fourth-order valence-electron chi connectivity index (χ4n) is 3.49. The van der Waals surface area contributed by atoms with Crippen LogP contribution < -0.4 is 0 Å². The van der Waals surface area contributed by atoms with E-state index in [0.29, 0.717) is 23.2 Å². The molecule has 1 fully saturated rings. The summed E-state index contributed by atoms with van der Waals surface area (Å²) >= 11 is 0. The Morgan fingerprint density at radius 1 is 0.625 bits per heavy atom. The Bertz CT molecular complexity index is 706. The van der Waals surface area contributed by atoms with Gasteiger partial charge in [0.15, 0.2) is 0 Å². The summed E-state index contributed by atoms with van der Waals surface area (Å²) in [5.41, 5.74) is 20.9. The van der Waals surface area contributed by atoms with Crippen molar-refractivity contribution in [1.82, 2.24) is 0 Å². The lowest BCUT2D eigenvalue weighted by atomic mass is 9.76. The van der Waals surface area contributed by atoms with Crippen molar-refractivity contribution in [3.05, 3.63) is 80.5 Å². The van der Waals surface area contributed by atoms with Crippen molar-refractivity contribution < 1.29 is 0 Å². The maximum Gasteiger partial charge on any atom is 0.0375 e. The van der Waals surface area contributed by atoms with E-state index in [2.05, 4.69) is 44.3 Å². The van der Waals surface area contributed by atoms with Gasteiger partial charge in [0.1, 0.15) is 0 Å². The van der Waals surface area contributed by atoms with Crippen molar-refractivity contribution in [2.24, 2.45) is 10.2 Å². The largest absolute Gasteiger partial charge is 0.0608 e. The molecule has 0 N–H and O–H groups in total. The third-order valence-electron chi connectivity index (χ3n) is 4.78. The van der Waals surface area contributed by atoms with Gasteiger partial charge in [-0.05, 0) is 59.7 Å². The van der Waals surface area contributed by atoms with E-state index in [9.17, 15) is 0 Å². The second-order valence-electron chi connectivity index (χ2n) is 6.11. The van der Waals surface area contributed by atoms with Crippen LogP contribution in [0.25, 0.3) is 20.9 Å². The highest BCUT2D eigenvalue weighted by Crippen LogP contribution is 2.41. The molecule has 24 heavy (non-hydrogen) atoms. The molecule has 0 aromatic heterocycles.